The Bertz CT molecular complexity index is 398. The zero-order valence-corrected chi connectivity index (χ0v) is 10.8. The van der Waals surface area contributed by atoms with Crippen LogP contribution in [0.15, 0.2) is 4.52 Å². The fraction of sp³-hybridized carbons (Fsp3) is 0.769. The van der Waals surface area contributed by atoms with Crippen LogP contribution in [-0.4, -0.2) is 15.9 Å². The maximum atomic E-state index is 11.9. The summed E-state index contributed by atoms with van der Waals surface area (Å²) in [4.78, 5) is 16.2. The predicted molar refractivity (Wildman–Crippen MR) is 63.7 cm³/mol. The van der Waals surface area contributed by atoms with Crippen molar-refractivity contribution >= 4 is 5.78 Å². The van der Waals surface area contributed by atoms with Crippen molar-refractivity contribution in [2.24, 2.45) is 5.92 Å². The third-order valence-electron chi connectivity index (χ3n) is 3.27. The van der Waals surface area contributed by atoms with Crippen LogP contribution in [0.1, 0.15) is 58.2 Å². The van der Waals surface area contributed by atoms with Crippen LogP contribution in [0.2, 0.25) is 0 Å². The molecule has 17 heavy (non-hydrogen) atoms. The summed E-state index contributed by atoms with van der Waals surface area (Å²) in [5.74, 6) is 1.62. The van der Waals surface area contributed by atoms with Crippen LogP contribution in [0.5, 0.6) is 0 Å². The lowest BCUT2D eigenvalue weighted by Crippen LogP contribution is -2.15. The predicted octanol–water partition coefficient (Wildman–Crippen LogP) is 2.67. The fourth-order valence-electron chi connectivity index (χ4n) is 2.17. The summed E-state index contributed by atoms with van der Waals surface area (Å²) < 4.78 is 5.14. The Morgan fingerprint density at radius 3 is 2.53 bits per heavy atom. The molecule has 0 atom stereocenters. The van der Waals surface area contributed by atoms with Crippen molar-refractivity contribution in [1.29, 1.82) is 0 Å². The monoisotopic (exact) mass is 236 g/mol. The highest BCUT2D eigenvalue weighted by atomic mass is 16.5. The second-order valence-corrected chi connectivity index (χ2v) is 5.89. The van der Waals surface area contributed by atoms with Gasteiger partial charge in [0, 0.05) is 11.3 Å². The third kappa shape index (κ3) is 2.93. The van der Waals surface area contributed by atoms with E-state index < -0.39 is 0 Å². The topological polar surface area (TPSA) is 56.0 Å². The number of rotatable bonds is 3. The Morgan fingerprint density at radius 1 is 1.35 bits per heavy atom. The van der Waals surface area contributed by atoms with Crippen LogP contribution in [0.25, 0.3) is 0 Å². The van der Waals surface area contributed by atoms with Crippen LogP contribution in [0, 0.1) is 5.92 Å². The molecule has 1 aliphatic rings. The number of nitrogens with zero attached hydrogens (tertiary/aromatic N) is 2. The summed E-state index contributed by atoms with van der Waals surface area (Å²) in [6.45, 7) is 6.08. The Morgan fingerprint density at radius 2 is 2.00 bits per heavy atom. The molecular formula is C13H20N2O2. The van der Waals surface area contributed by atoms with E-state index in [2.05, 4.69) is 10.1 Å². The molecule has 1 aromatic rings. The summed E-state index contributed by atoms with van der Waals surface area (Å²) in [7, 11) is 0. The molecule has 0 bridgehead atoms. The van der Waals surface area contributed by atoms with Crippen LogP contribution in [0.3, 0.4) is 0 Å². The molecule has 0 amide bonds. The molecule has 1 saturated carbocycles. The molecule has 0 unspecified atom stereocenters. The summed E-state index contributed by atoms with van der Waals surface area (Å²) in [6.07, 6.45) is 4.70. The van der Waals surface area contributed by atoms with Crippen molar-refractivity contribution in [3.05, 3.63) is 11.7 Å². The van der Waals surface area contributed by atoms with Gasteiger partial charge < -0.3 is 4.52 Å². The van der Waals surface area contributed by atoms with Crippen molar-refractivity contribution in [3.8, 4) is 0 Å². The normalized spacial score (nSPS) is 17.6. The zero-order chi connectivity index (χ0) is 12.5. The van der Waals surface area contributed by atoms with Gasteiger partial charge in [0.05, 0.1) is 6.42 Å². The number of Topliss-reactive ketones (excluding diaryl/α,β-unsaturated/α-hetero) is 1. The minimum atomic E-state index is -0.127. The average Bonchev–Trinajstić information content (AvgIpc) is 2.85. The van der Waals surface area contributed by atoms with E-state index in [1.807, 2.05) is 20.8 Å². The minimum absolute atomic E-state index is 0.127. The fourth-order valence-corrected chi connectivity index (χ4v) is 2.17. The molecular weight excluding hydrogens is 216 g/mol. The highest BCUT2D eigenvalue weighted by Gasteiger charge is 2.26. The van der Waals surface area contributed by atoms with Crippen LogP contribution < -0.4 is 0 Å². The van der Waals surface area contributed by atoms with E-state index >= 15 is 0 Å². The molecule has 4 nitrogen and oxygen atoms in total. The lowest BCUT2D eigenvalue weighted by molar-refractivity contribution is -0.122. The second kappa shape index (κ2) is 4.59. The maximum Gasteiger partial charge on any atom is 0.234 e. The molecule has 1 fully saturated rings. The molecule has 2 rings (SSSR count). The van der Waals surface area contributed by atoms with Crippen LogP contribution in [0.4, 0.5) is 0 Å². The van der Waals surface area contributed by atoms with E-state index in [9.17, 15) is 4.79 Å². The van der Waals surface area contributed by atoms with Crippen LogP contribution >= 0.6 is 0 Å². The first-order valence-corrected chi connectivity index (χ1v) is 6.32. The Balaban J connectivity index is 1.99. The van der Waals surface area contributed by atoms with Gasteiger partial charge in [-0.15, -0.1) is 0 Å². The SMILES string of the molecule is CC(C)(C)c1noc(CC(=O)C2CCCC2)n1. The van der Waals surface area contributed by atoms with Crippen molar-refractivity contribution in [2.45, 2.75) is 58.3 Å². The van der Waals surface area contributed by atoms with E-state index in [0.717, 1.165) is 12.8 Å². The third-order valence-corrected chi connectivity index (χ3v) is 3.27. The average molecular weight is 236 g/mol. The minimum Gasteiger partial charge on any atom is -0.339 e. The van der Waals surface area contributed by atoms with Gasteiger partial charge in [-0.3, -0.25) is 4.79 Å². The Labute approximate surface area is 102 Å². The van der Waals surface area contributed by atoms with E-state index in [4.69, 9.17) is 4.52 Å². The van der Waals surface area contributed by atoms with E-state index in [1.54, 1.807) is 0 Å². The molecule has 0 N–H and O–H groups in total. The van der Waals surface area contributed by atoms with Crippen molar-refractivity contribution in [3.63, 3.8) is 0 Å². The molecule has 94 valence electrons. The highest BCUT2D eigenvalue weighted by Crippen LogP contribution is 2.26. The van der Waals surface area contributed by atoms with Gasteiger partial charge in [-0.2, -0.15) is 4.98 Å². The molecule has 1 heterocycles. The number of ketones is 1. The van der Waals surface area contributed by atoms with Gasteiger partial charge >= 0.3 is 0 Å². The molecule has 1 aliphatic carbocycles. The number of hydrogen-bond donors (Lipinski definition) is 0. The van der Waals surface area contributed by atoms with E-state index in [0.29, 0.717) is 18.1 Å². The quantitative estimate of drug-likeness (QED) is 0.809. The standard InChI is InChI=1S/C13H20N2O2/c1-13(2,3)12-14-11(17-15-12)8-10(16)9-6-4-5-7-9/h9H,4-8H2,1-3H3. The Hall–Kier alpha value is -1.19. The van der Waals surface area contributed by atoms with Gasteiger partial charge in [-0.05, 0) is 12.8 Å². The Kier molecular flexibility index (Phi) is 3.31. The molecule has 4 heteroatoms. The first-order chi connectivity index (χ1) is 7.97. The van der Waals surface area contributed by atoms with E-state index in [-0.39, 0.29) is 17.1 Å². The molecule has 0 saturated heterocycles. The van der Waals surface area contributed by atoms with Gasteiger partial charge in [0.1, 0.15) is 5.78 Å². The maximum absolute atomic E-state index is 11.9. The first kappa shape index (κ1) is 12.3. The van der Waals surface area contributed by atoms with Crippen LogP contribution in [-0.2, 0) is 16.6 Å². The lowest BCUT2D eigenvalue weighted by Gasteiger charge is -2.10. The van der Waals surface area contributed by atoms with Crippen molar-refractivity contribution < 1.29 is 9.32 Å². The summed E-state index contributed by atoms with van der Waals surface area (Å²) >= 11 is 0. The second-order valence-electron chi connectivity index (χ2n) is 5.89. The zero-order valence-electron chi connectivity index (χ0n) is 10.8. The first-order valence-electron chi connectivity index (χ1n) is 6.32. The van der Waals surface area contributed by atoms with E-state index in [1.165, 1.54) is 12.8 Å². The van der Waals surface area contributed by atoms with Gasteiger partial charge in [-0.25, -0.2) is 0 Å². The van der Waals surface area contributed by atoms with Crippen molar-refractivity contribution in [2.75, 3.05) is 0 Å². The molecule has 1 aromatic heterocycles. The highest BCUT2D eigenvalue weighted by molar-refractivity contribution is 5.82. The molecule has 0 aromatic carbocycles. The molecule has 0 radical (unpaired) electrons. The number of aromatic nitrogens is 2. The molecule has 0 aliphatic heterocycles. The molecule has 0 spiro atoms. The number of carbonyl (C=O) groups is 1. The number of hydrogen-bond acceptors (Lipinski definition) is 4. The summed E-state index contributed by atoms with van der Waals surface area (Å²) in [5.41, 5.74) is -0.127. The van der Waals surface area contributed by atoms with Gasteiger partial charge in [0.15, 0.2) is 5.82 Å². The summed E-state index contributed by atoms with van der Waals surface area (Å²) in [6, 6.07) is 0. The smallest absolute Gasteiger partial charge is 0.234 e. The van der Waals surface area contributed by atoms with Crippen molar-refractivity contribution in [1.82, 2.24) is 10.1 Å². The largest absolute Gasteiger partial charge is 0.339 e. The van der Waals surface area contributed by atoms with Gasteiger partial charge in [0.25, 0.3) is 0 Å². The lowest BCUT2D eigenvalue weighted by atomic mass is 9.96. The number of carbonyl (C=O) groups excluding carboxylic acids is 1. The van der Waals surface area contributed by atoms with Gasteiger partial charge in [-0.1, -0.05) is 38.8 Å². The summed E-state index contributed by atoms with van der Waals surface area (Å²) in [5, 5.41) is 3.93. The van der Waals surface area contributed by atoms with Gasteiger partial charge in [0.2, 0.25) is 5.89 Å².